The number of rotatable bonds is 7. The maximum Gasteiger partial charge on any atom is 0.319 e. The minimum Gasteiger partial charge on any atom is -0.493 e. The first-order valence-electron chi connectivity index (χ1n) is 6.42. The first kappa shape index (κ1) is 16.5. The fraction of sp³-hybridized carbons (Fsp3) is 0.308. The van der Waals surface area contributed by atoms with Gasteiger partial charge in [-0.2, -0.15) is 8.78 Å². The number of benzene rings is 1. The lowest BCUT2D eigenvalue weighted by Gasteiger charge is -2.12. The minimum atomic E-state index is -2.74. The molecule has 0 saturated heterocycles. The molecule has 1 aromatic carbocycles. The summed E-state index contributed by atoms with van der Waals surface area (Å²) in [6.45, 7) is -2.86. The molecular formula is C13H14F2N4O4. The third-order valence-corrected chi connectivity index (χ3v) is 3.09. The summed E-state index contributed by atoms with van der Waals surface area (Å²) in [6.07, 6.45) is 2.36. The van der Waals surface area contributed by atoms with Crippen LogP contribution < -0.4 is 14.8 Å². The van der Waals surface area contributed by atoms with E-state index >= 15 is 0 Å². The van der Waals surface area contributed by atoms with E-state index in [2.05, 4.69) is 10.3 Å². The van der Waals surface area contributed by atoms with E-state index in [1.165, 1.54) is 32.5 Å². The van der Waals surface area contributed by atoms with Crippen LogP contribution in [0.3, 0.4) is 0 Å². The van der Waals surface area contributed by atoms with Crippen LogP contribution in [-0.4, -0.2) is 28.7 Å². The number of ether oxygens (including phenoxy) is 2. The van der Waals surface area contributed by atoms with Crippen LogP contribution in [0, 0.1) is 10.1 Å². The van der Waals surface area contributed by atoms with E-state index in [0.29, 0.717) is 4.57 Å². The van der Waals surface area contributed by atoms with Gasteiger partial charge in [-0.25, -0.2) is 4.98 Å². The Balaban J connectivity index is 2.31. The number of anilines is 1. The first-order valence-corrected chi connectivity index (χ1v) is 6.42. The fourth-order valence-corrected chi connectivity index (χ4v) is 1.99. The van der Waals surface area contributed by atoms with E-state index in [4.69, 9.17) is 9.47 Å². The van der Waals surface area contributed by atoms with Gasteiger partial charge in [-0.1, -0.05) is 0 Å². The summed E-state index contributed by atoms with van der Waals surface area (Å²) >= 11 is 0. The molecule has 0 bridgehead atoms. The molecule has 0 saturated carbocycles. The van der Waals surface area contributed by atoms with Crippen LogP contribution >= 0.6 is 0 Å². The maximum atomic E-state index is 12.8. The van der Waals surface area contributed by atoms with Crippen molar-refractivity contribution in [3.05, 3.63) is 40.5 Å². The largest absolute Gasteiger partial charge is 0.493 e. The zero-order valence-corrected chi connectivity index (χ0v) is 12.3. The number of hydrogen-bond donors (Lipinski definition) is 1. The quantitative estimate of drug-likeness (QED) is 0.621. The second-order valence-corrected chi connectivity index (χ2v) is 4.36. The highest BCUT2D eigenvalue weighted by Crippen LogP contribution is 2.37. The van der Waals surface area contributed by atoms with Crippen molar-refractivity contribution in [1.82, 2.24) is 9.55 Å². The summed E-state index contributed by atoms with van der Waals surface area (Å²) in [7, 11) is 2.74. The van der Waals surface area contributed by atoms with Crippen LogP contribution in [0.4, 0.5) is 20.2 Å². The Morgan fingerprint density at radius 1 is 1.35 bits per heavy atom. The molecule has 124 valence electrons. The van der Waals surface area contributed by atoms with Crippen molar-refractivity contribution in [2.24, 2.45) is 0 Å². The Kier molecular flexibility index (Phi) is 4.94. The summed E-state index contributed by atoms with van der Waals surface area (Å²) < 4.78 is 36.3. The Morgan fingerprint density at radius 3 is 2.57 bits per heavy atom. The number of imidazole rings is 1. The van der Waals surface area contributed by atoms with Gasteiger partial charge in [0.1, 0.15) is 11.5 Å². The van der Waals surface area contributed by atoms with Gasteiger partial charge in [-0.3, -0.25) is 14.7 Å². The number of halogens is 2. The lowest BCUT2D eigenvalue weighted by Crippen LogP contribution is -2.10. The summed E-state index contributed by atoms with van der Waals surface area (Å²) in [5, 5.41) is 13.9. The standard InChI is InChI=1S/C13H14F2N4O4/c1-22-10-5-8(9(19(20)21)6-11(10)23-2)17-7-12-16-3-4-18(12)13(14)15/h3-6,13,17H,7H2,1-2H3. The van der Waals surface area contributed by atoms with E-state index in [9.17, 15) is 18.9 Å². The monoisotopic (exact) mass is 328 g/mol. The molecule has 8 nitrogen and oxygen atoms in total. The molecule has 2 rings (SSSR count). The number of aromatic nitrogens is 2. The highest BCUT2D eigenvalue weighted by molar-refractivity contribution is 5.68. The maximum absolute atomic E-state index is 12.8. The van der Waals surface area contributed by atoms with Crippen molar-refractivity contribution in [2.45, 2.75) is 13.1 Å². The number of nitro benzene ring substituents is 1. The smallest absolute Gasteiger partial charge is 0.319 e. The van der Waals surface area contributed by atoms with E-state index in [1.54, 1.807) is 0 Å². The van der Waals surface area contributed by atoms with Gasteiger partial charge in [0.25, 0.3) is 5.69 Å². The van der Waals surface area contributed by atoms with Crippen LogP contribution in [0.1, 0.15) is 12.4 Å². The zero-order valence-electron chi connectivity index (χ0n) is 12.3. The molecule has 0 unspecified atom stereocenters. The van der Waals surface area contributed by atoms with Gasteiger partial charge in [-0.05, 0) is 0 Å². The highest BCUT2D eigenvalue weighted by Gasteiger charge is 2.20. The first-order chi connectivity index (χ1) is 11.0. The molecule has 1 aromatic heterocycles. The zero-order chi connectivity index (χ0) is 17.0. The van der Waals surface area contributed by atoms with E-state index < -0.39 is 11.5 Å². The van der Waals surface area contributed by atoms with Crippen molar-refractivity contribution < 1.29 is 23.2 Å². The molecule has 0 atom stereocenters. The summed E-state index contributed by atoms with van der Waals surface area (Å²) in [5.41, 5.74) is -0.158. The fourth-order valence-electron chi connectivity index (χ4n) is 1.99. The summed E-state index contributed by atoms with van der Waals surface area (Å²) in [6, 6.07) is 2.56. The molecule has 1 heterocycles. The van der Waals surface area contributed by atoms with Crippen LogP contribution in [0.25, 0.3) is 0 Å². The molecule has 23 heavy (non-hydrogen) atoms. The van der Waals surface area contributed by atoms with Crippen molar-refractivity contribution in [1.29, 1.82) is 0 Å². The number of nitrogens with zero attached hydrogens (tertiary/aromatic N) is 3. The van der Waals surface area contributed by atoms with Gasteiger partial charge >= 0.3 is 6.55 Å². The van der Waals surface area contributed by atoms with Crippen LogP contribution in [-0.2, 0) is 6.54 Å². The van der Waals surface area contributed by atoms with E-state index in [-0.39, 0.29) is 35.2 Å². The van der Waals surface area contributed by atoms with Gasteiger partial charge in [0.15, 0.2) is 11.5 Å². The molecule has 2 aromatic rings. The summed E-state index contributed by atoms with van der Waals surface area (Å²) in [4.78, 5) is 14.3. The van der Waals surface area contributed by atoms with E-state index in [0.717, 1.165) is 6.20 Å². The molecule has 0 radical (unpaired) electrons. The average molecular weight is 328 g/mol. The van der Waals surface area contributed by atoms with Crippen LogP contribution in [0.2, 0.25) is 0 Å². The van der Waals surface area contributed by atoms with Crippen molar-refractivity contribution in [3.8, 4) is 11.5 Å². The summed E-state index contributed by atoms with van der Waals surface area (Å²) in [5.74, 6) is 0.515. The lowest BCUT2D eigenvalue weighted by molar-refractivity contribution is -0.384. The van der Waals surface area contributed by atoms with Crippen LogP contribution in [0.15, 0.2) is 24.5 Å². The molecule has 0 aliphatic heterocycles. The van der Waals surface area contributed by atoms with Gasteiger partial charge < -0.3 is 14.8 Å². The highest BCUT2D eigenvalue weighted by atomic mass is 19.3. The Hall–Kier alpha value is -2.91. The van der Waals surface area contributed by atoms with Crippen LogP contribution in [0.5, 0.6) is 11.5 Å². The third-order valence-electron chi connectivity index (χ3n) is 3.09. The molecular weight excluding hydrogens is 314 g/mol. The molecule has 10 heteroatoms. The Morgan fingerprint density at radius 2 is 2.00 bits per heavy atom. The number of hydrogen-bond acceptors (Lipinski definition) is 6. The number of nitro groups is 1. The average Bonchev–Trinajstić information content (AvgIpc) is 3.00. The lowest BCUT2D eigenvalue weighted by atomic mass is 10.2. The number of methoxy groups -OCH3 is 2. The molecule has 0 aliphatic rings. The Labute approximate surface area is 129 Å². The minimum absolute atomic E-state index is 0.0454. The number of alkyl halides is 2. The van der Waals surface area contributed by atoms with Gasteiger partial charge in [0.2, 0.25) is 0 Å². The molecule has 1 N–H and O–H groups in total. The van der Waals surface area contributed by atoms with Gasteiger partial charge in [-0.15, -0.1) is 0 Å². The molecule has 0 spiro atoms. The second-order valence-electron chi connectivity index (χ2n) is 4.36. The predicted molar refractivity (Wildman–Crippen MR) is 77.0 cm³/mol. The molecule has 0 aliphatic carbocycles. The second kappa shape index (κ2) is 6.90. The van der Waals surface area contributed by atoms with Crippen molar-refractivity contribution in [3.63, 3.8) is 0 Å². The third kappa shape index (κ3) is 3.47. The van der Waals surface area contributed by atoms with Gasteiger partial charge in [0, 0.05) is 18.5 Å². The molecule has 0 amide bonds. The van der Waals surface area contributed by atoms with E-state index in [1.807, 2.05) is 0 Å². The molecule has 0 fully saturated rings. The van der Waals surface area contributed by atoms with Gasteiger partial charge in [0.05, 0.1) is 31.8 Å². The SMILES string of the molecule is COc1cc(NCc2nccn2C(F)F)c([N+](=O)[O-])cc1OC. The predicted octanol–water partition coefficient (Wildman–Crippen LogP) is 2.82. The number of nitrogens with one attached hydrogen (secondary N) is 1. The topological polar surface area (TPSA) is 91.5 Å². The normalized spacial score (nSPS) is 10.7. The van der Waals surface area contributed by atoms with Crippen molar-refractivity contribution >= 4 is 11.4 Å². The Bertz CT molecular complexity index is 705. The van der Waals surface area contributed by atoms with Crippen molar-refractivity contribution in [2.75, 3.05) is 19.5 Å².